The zero-order valence-corrected chi connectivity index (χ0v) is 16.0. The molecule has 2 aromatic carbocycles. The first-order valence-corrected chi connectivity index (χ1v) is 9.73. The van der Waals surface area contributed by atoms with Crippen molar-refractivity contribution in [1.29, 1.82) is 0 Å². The Hall–Kier alpha value is -3.15. The molecule has 1 saturated heterocycles. The van der Waals surface area contributed by atoms with E-state index in [9.17, 15) is 9.59 Å². The molecule has 1 atom stereocenters. The Kier molecular flexibility index (Phi) is 5.10. The first-order chi connectivity index (χ1) is 13.7. The Bertz CT molecular complexity index is 1010. The second kappa shape index (κ2) is 7.84. The molecule has 0 saturated carbocycles. The molecule has 28 heavy (non-hydrogen) atoms. The molecule has 6 nitrogen and oxygen atoms in total. The van der Waals surface area contributed by atoms with Crippen molar-refractivity contribution in [2.45, 2.75) is 38.9 Å². The first kappa shape index (κ1) is 18.2. The van der Waals surface area contributed by atoms with Crippen molar-refractivity contribution in [1.82, 2.24) is 20.0 Å². The summed E-state index contributed by atoms with van der Waals surface area (Å²) in [4.78, 5) is 27.0. The van der Waals surface area contributed by atoms with Crippen LogP contribution in [0.25, 0.3) is 10.8 Å². The molecule has 1 aliphatic rings. The Morgan fingerprint density at radius 3 is 2.86 bits per heavy atom. The SMILES string of the molecule is CCCn1nccc1C(=O)NC1CC(=O)N(Cc2cccc3ccccc23)C1. The van der Waals surface area contributed by atoms with Gasteiger partial charge >= 0.3 is 0 Å². The highest BCUT2D eigenvalue weighted by molar-refractivity contribution is 5.93. The van der Waals surface area contributed by atoms with Crippen molar-refractivity contribution in [2.75, 3.05) is 6.54 Å². The lowest BCUT2D eigenvalue weighted by Gasteiger charge is -2.18. The maximum Gasteiger partial charge on any atom is 0.269 e. The van der Waals surface area contributed by atoms with E-state index >= 15 is 0 Å². The van der Waals surface area contributed by atoms with E-state index in [4.69, 9.17) is 0 Å². The third-order valence-electron chi connectivity index (χ3n) is 5.18. The van der Waals surface area contributed by atoms with Crippen LogP contribution in [0.2, 0.25) is 0 Å². The summed E-state index contributed by atoms with van der Waals surface area (Å²) in [5.41, 5.74) is 1.67. The fourth-order valence-corrected chi connectivity index (χ4v) is 3.83. The molecule has 1 aromatic heterocycles. The van der Waals surface area contributed by atoms with E-state index in [0.717, 1.165) is 17.4 Å². The van der Waals surface area contributed by atoms with Crippen LogP contribution in [0, 0.1) is 0 Å². The molecule has 0 aliphatic carbocycles. The van der Waals surface area contributed by atoms with Crippen molar-refractivity contribution < 1.29 is 9.59 Å². The zero-order valence-electron chi connectivity index (χ0n) is 16.0. The molecule has 1 N–H and O–H groups in total. The number of aryl methyl sites for hydroxylation is 1. The van der Waals surface area contributed by atoms with Gasteiger partial charge in [0.25, 0.3) is 5.91 Å². The number of carbonyl (C=O) groups is 2. The van der Waals surface area contributed by atoms with Gasteiger partial charge < -0.3 is 10.2 Å². The van der Waals surface area contributed by atoms with Crippen molar-refractivity contribution in [3.8, 4) is 0 Å². The topological polar surface area (TPSA) is 67.2 Å². The van der Waals surface area contributed by atoms with Gasteiger partial charge in [-0.15, -0.1) is 0 Å². The Morgan fingerprint density at radius 2 is 2.00 bits per heavy atom. The molecule has 2 heterocycles. The number of hydrogen-bond donors (Lipinski definition) is 1. The highest BCUT2D eigenvalue weighted by Gasteiger charge is 2.31. The molecule has 6 heteroatoms. The number of nitrogens with zero attached hydrogens (tertiary/aromatic N) is 3. The second-order valence-electron chi connectivity index (χ2n) is 7.23. The van der Waals surface area contributed by atoms with Crippen LogP contribution in [-0.4, -0.2) is 39.1 Å². The van der Waals surface area contributed by atoms with Crippen LogP contribution < -0.4 is 5.32 Å². The molecule has 1 aliphatic heterocycles. The van der Waals surface area contributed by atoms with E-state index in [2.05, 4.69) is 34.7 Å². The van der Waals surface area contributed by atoms with Gasteiger partial charge in [-0.3, -0.25) is 14.3 Å². The van der Waals surface area contributed by atoms with Gasteiger partial charge in [0.05, 0.1) is 6.04 Å². The molecule has 2 amide bonds. The van der Waals surface area contributed by atoms with Crippen LogP contribution in [0.4, 0.5) is 0 Å². The largest absolute Gasteiger partial charge is 0.346 e. The normalized spacial score (nSPS) is 16.7. The van der Waals surface area contributed by atoms with Crippen LogP contribution in [-0.2, 0) is 17.9 Å². The molecule has 0 spiro atoms. The molecule has 144 valence electrons. The van der Waals surface area contributed by atoms with E-state index in [1.807, 2.05) is 30.0 Å². The summed E-state index contributed by atoms with van der Waals surface area (Å²) < 4.78 is 1.71. The van der Waals surface area contributed by atoms with Crippen molar-refractivity contribution in [2.24, 2.45) is 0 Å². The standard InChI is InChI=1S/C22H24N4O2/c1-2-12-26-20(10-11-23-26)22(28)24-18-13-21(27)25(15-18)14-17-8-5-7-16-6-3-4-9-19(16)17/h3-11,18H,2,12-15H2,1H3,(H,24,28). The zero-order chi connectivity index (χ0) is 19.5. The van der Waals surface area contributed by atoms with Crippen LogP contribution >= 0.6 is 0 Å². The number of amides is 2. The maximum absolute atomic E-state index is 12.6. The molecule has 0 bridgehead atoms. The molecule has 4 rings (SSSR count). The van der Waals surface area contributed by atoms with Gasteiger partial charge in [-0.2, -0.15) is 5.10 Å². The van der Waals surface area contributed by atoms with Gasteiger partial charge in [0.1, 0.15) is 5.69 Å². The second-order valence-corrected chi connectivity index (χ2v) is 7.23. The van der Waals surface area contributed by atoms with E-state index in [0.29, 0.717) is 31.7 Å². The number of hydrogen-bond acceptors (Lipinski definition) is 3. The number of rotatable bonds is 6. The van der Waals surface area contributed by atoms with Gasteiger partial charge in [-0.25, -0.2) is 0 Å². The van der Waals surface area contributed by atoms with E-state index < -0.39 is 0 Å². The predicted molar refractivity (Wildman–Crippen MR) is 108 cm³/mol. The molecular formula is C22H24N4O2. The summed E-state index contributed by atoms with van der Waals surface area (Å²) in [5, 5.41) is 9.52. The monoisotopic (exact) mass is 376 g/mol. The van der Waals surface area contributed by atoms with E-state index in [1.165, 1.54) is 5.39 Å². The average Bonchev–Trinajstić information content (AvgIpc) is 3.29. The number of carbonyl (C=O) groups excluding carboxylic acids is 2. The van der Waals surface area contributed by atoms with Crippen LogP contribution in [0.15, 0.2) is 54.7 Å². The highest BCUT2D eigenvalue weighted by Crippen LogP contribution is 2.22. The van der Waals surface area contributed by atoms with Crippen molar-refractivity contribution >= 4 is 22.6 Å². The third kappa shape index (κ3) is 3.63. The van der Waals surface area contributed by atoms with Crippen LogP contribution in [0.3, 0.4) is 0 Å². The number of likely N-dealkylation sites (tertiary alicyclic amines) is 1. The summed E-state index contributed by atoms with van der Waals surface area (Å²) >= 11 is 0. The number of nitrogens with one attached hydrogen (secondary N) is 1. The lowest BCUT2D eigenvalue weighted by Crippen LogP contribution is -2.38. The Morgan fingerprint density at radius 1 is 1.18 bits per heavy atom. The van der Waals surface area contributed by atoms with Crippen molar-refractivity contribution in [3.63, 3.8) is 0 Å². The number of benzene rings is 2. The highest BCUT2D eigenvalue weighted by atomic mass is 16.2. The lowest BCUT2D eigenvalue weighted by atomic mass is 10.0. The smallest absolute Gasteiger partial charge is 0.269 e. The fourth-order valence-electron chi connectivity index (χ4n) is 3.83. The fraction of sp³-hybridized carbons (Fsp3) is 0.318. The first-order valence-electron chi connectivity index (χ1n) is 9.73. The van der Waals surface area contributed by atoms with Gasteiger partial charge in [0.15, 0.2) is 0 Å². The van der Waals surface area contributed by atoms with Crippen LogP contribution in [0.1, 0.15) is 35.8 Å². The summed E-state index contributed by atoms with van der Waals surface area (Å²) in [6.07, 6.45) is 2.87. The van der Waals surface area contributed by atoms with Gasteiger partial charge in [-0.1, -0.05) is 49.4 Å². The van der Waals surface area contributed by atoms with Gasteiger partial charge in [0.2, 0.25) is 5.91 Å². The number of aromatic nitrogens is 2. The molecular weight excluding hydrogens is 352 g/mol. The Balaban J connectivity index is 1.44. The van der Waals surface area contributed by atoms with Gasteiger partial charge in [-0.05, 0) is 28.8 Å². The summed E-state index contributed by atoms with van der Waals surface area (Å²) in [5.74, 6) is -0.101. The quantitative estimate of drug-likeness (QED) is 0.719. The molecule has 1 fully saturated rings. The Labute approximate surface area is 164 Å². The third-order valence-corrected chi connectivity index (χ3v) is 5.18. The van der Waals surface area contributed by atoms with E-state index in [1.54, 1.807) is 16.9 Å². The van der Waals surface area contributed by atoms with Gasteiger partial charge in [0, 0.05) is 32.3 Å². The minimum Gasteiger partial charge on any atom is -0.346 e. The maximum atomic E-state index is 12.6. The molecule has 1 unspecified atom stereocenters. The van der Waals surface area contributed by atoms with E-state index in [-0.39, 0.29) is 17.9 Å². The summed E-state index contributed by atoms with van der Waals surface area (Å²) in [6, 6.07) is 15.9. The predicted octanol–water partition coefficient (Wildman–Crippen LogP) is 2.98. The van der Waals surface area contributed by atoms with Crippen LogP contribution in [0.5, 0.6) is 0 Å². The average molecular weight is 376 g/mol. The number of fused-ring (bicyclic) bond motifs is 1. The summed E-state index contributed by atoms with van der Waals surface area (Å²) in [7, 11) is 0. The minimum absolute atomic E-state index is 0.0697. The summed E-state index contributed by atoms with van der Waals surface area (Å²) in [6.45, 7) is 3.83. The molecule has 0 radical (unpaired) electrons. The lowest BCUT2D eigenvalue weighted by molar-refractivity contribution is -0.128. The molecule has 3 aromatic rings. The minimum atomic E-state index is -0.181. The van der Waals surface area contributed by atoms with Crippen molar-refractivity contribution in [3.05, 3.63) is 66.0 Å².